The first-order chi connectivity index (χ1) is 17.0. The van der Waals surface area contributed by atoms with E-state index in [0.29, 0.717) is 19.6 Å². The highest BCUT2D eigenvalue weighted by Gasteiger charge is 2.17. The average molecular weight is 477 g/mol. The van der Waals surface area contributed by atoms with E-state index in [0.717, 1.165) is 45.1 Å². The minimum Gasteiger partial charge on any atom is -0.496 e. The van der Waals surface area contributed by atoms with Gasteiger partial charge in [0.25, 0.3) is 0 Å². The van der Waals surface area contributed by atoms with Crippen molar-refractivity contribution in [1.29, 1.82) is 0 Å². The Bertz CT molecular complexity index is 1110. The fraction of sp³-hybridized carbons (Fsp3) is 0.276. The van der Waals surface area contributed by atoms with Gasteiger partial charge in [-0.05, 0) is 66.5 Å². The maximum atomic E-state index is 11.3. The smallest absolute Gasteiger partial charge is 0.333 e. The van der Waals surface area contributed by atoms with Gasteiger partial charge < -0.3 is 24.1 Å². The predicted octanol–water partition coefficient (Wildman–Crippen LogP) is 5.89. The van der Waals surface area contributed by atoms with Crippen LogP contribution in [0.25, 0.3) is 16.7 Å². The van der Waals surface area contributed by atoms with Crippen molar-refractivity contribution in [3.8, 4) is 28.4 Å². The predicted molar refractivity (Wildman–Crippen MR) is 137 cm³/mol. The summed E-state index contributed by atoms with van der Waals surface area (Å²) >= 11 is 0. The van der Waals surface area contributed by atoms with Crippen molar-refractivity contribution in [2.75, 3.05) is 27.4 Å². The summed E-state index contributed by atoms with van der Waals surface area (Å²) in [6.07, 6.45) is 1.51. The zero-order valence-corrected chi connectivity index (χ0v) is 20.6. The molecule has 6 nitrogen and oxygen atoms in total. The van der Waals surface area contributed by atoms with Gasteiger partial charge in [0.15, 0.2) is 6.10 Å². The molecule has 1 N–H and O–H groups in total. The van der Waals surface area contributed by atoms with Crippen LogP contribution >= 0.6 is 0 Å². The van der Waals surface area contributed by atoms with Gasteiger partial charge >= 0.3 is 5.97 Å². The minimum atomic E-state index is -0.956. The molecular formula is C29H32O6. The number of hydrogen-bond acceptors (Lipinski definition) is 5. The van der Waals surface area contributed by atoms with E-state index in [9.17, 15) is 9.90 Å². The van der Waals surface area contributed by atoms with E-state index >= 15 is 0 Å². The molecule has 35 heavy (non-hydrogen) atoms. The van der Waals surface area contributed by atoms with Gasteiger partial charge in [-0.15, -0.1) is 0 Å². The number of carbonyl (C=O) groups is 1. The van der Waals surface area contributed by atoms with Crippen molar-refractivity contribution in [3.63, 3.8) is 0 Å². The fourth-order valence-corrected chi connectivity index (χ4v) is 3.77. The number of allylic oxidation sites excluding steroid dienone is 1. The van der Waals surface area contributed by atoms with E-state index in [4.69, 9.17) is 18.9 Å². The monoisotopic (exact) mass is 476 g/mol. The van der Waals surface area contributed by atoms with Gasteiger partial charge in [-0.25, -0.2) is 4.79 Å². The number of rotatable bonds is 12. The van der Waals surface area contributed by atoms with E-state index in [2.05, 4.69) is 24.3 Å². The Labute approximate surface area is 206 Å². The molecule has 0 saturated heterocycles. The van der Waals surface area contributed by atoms with Crippen molar-refractivity contribution >= 4 is 11.5 Å². The first kappa shape index (κ1) is 25.8. The van der Waals surface area contributed by atoms with Crippen LogP contribution < -0.4 is 14.2 Å². The van der Waals surface area contributed by atoms with Crippen molar-refractivity contribution in [2.45, 2.75) is 26.4 Å². The molecule has 1 atom stereocenters. The Morgan fingerprint density at radius 1 is 0.943 bits per heavy atom. The average Bonchev–Trinajstić information content (AvgIpc) is 2.88. The largest absolute Gasteiger partial charge is 0.496 e. The van der Waals surface area contributed by atoms with Crippen LogP contribution in [0.1, 0.15) is 25.0 Å². The summed E-state index contributed by atoms with van der Waals surface area (Å²) < 4.78 is 22.2. The first-order valence-electron chi connectivity index (χ1n) is 11.5. The topological polar surface area (TPSA) is 74.2 Å². The van der Waals surface area contributed by atoms with Crippen molar-refractivity contribution < 1.29 is 28.8 Å². The molecule has 0 radical (unpaired) electrons. The van der Waals surface area contributed by atoms with Crippen LogP contribution in [-0.2, 0) is 16.0 Å². The van der Waals surface area contributed by atoms with E-state index in [1.807, 2.05) is 55.5 Å². The Kier molecular flexibility index (Phi) is 9.32. The molecule has 0 bridgehead atoms. The van der Waals surface area contributed by atoms with Gasteiger partial charge in [0.1, 0.15) is 23.9 Å². The van der Waals surface area contributed by atoms with Crippen LogP contribution in [-0.4, -0.2) is 44.6 Å². The third-order valence-corrected chi connectivity index (χ3v) is 5.68. The lowest BCUT2D eigenvalue weighted by molar-refractivity contribution is -0.149. The van der Waals surface area contributed by atoms with Gasteiger partial charge in [-0.1, -0.05) is 42.5 Å². The Hall–Kier alpha value is -3.77. The number of benzene rings is 3. The molecule has 0 heterocycles. The molecule has 3 aromatic rings. The zero-order chi connectivity index (χ0) is 25.2. The molecular weight excluding hydrogens is 444 g/mol. The zero-order valence-electron chi connectivity index (χ0n) is 20.6. The Morgan fingerprint density at radius 3 is 2.11 bits per heavy atom. The molecule has 0 amide bonds. The molecule has 184 valence electrons. The third kappa shape index (κ3) is 6.87. The normalized spacial score (nSPS) is 12.2. The molecule has 0 fully saturated rings. The lowest BCUT2D eigenvalue weighted by Gasteiger charge is -2.14. The molecule has 0 aliphatic carbocycles. The number of aliphatic carboxylic acids is 1. The lowest BCUT2D eigenvalue weighted by atomic mass is 9.99. The van der Waals surface area contributed by atoms with Crippen LogP contribution in [0.5, 0.6) is 17.2 Å². The van der Waals surface area contributed by atoms with Crippen LogP contribution in [0.15, 0.2) is 72.8 Å². The SMILES string of the molecule is CCOC(Cc1ccc(OCC=C(C)c2ccc(-c3c(OC)cccc3OC)cc2)cc1)C(=O)O. The molecule has 1 unspecified atom stereocenters. The summed E-state index contributed by atoms with van der Waals surface area (Å²) in [5.41, 5.74) is 5.02. The summed E-state index contributed by atoms with van der Waals surface area (Å²) in [6.45, 7) is 4.62. The highest BCUT2D eigenvalue weighted by atomic mass is 16.5. The van der Waals surface area contributed by atoms with E-state index in [-0.39, 0.29) is 0 Å². The second-order valence-corrected chi connectivity index (χ2v) is 7.94. The van der Waals surface area contributed by atoms with Gasteiger partial charge in [0.2, 0.25) is 0 Å². The molecule has 3 aromatic carbocycles. The number of carboxylic acid groups (broad SMARTS) is 1. The number of ether oxygens (including phenoxy) is 4. The molecule has 0 aliphatic rings. The first-order valence-corrected chi connectivity index (χ1v) is 11.5. The molecule has 0 aromatic heterocycles. The quantitative estimate of drug-likeness (QED) is 0.352. The van der Waals surface area contributed by atoms with Gasteiger partial charge in [0, 0.05) is 13.0 Å². The fourth-order valence-electron chi connectivity index (χ4n) is 3.77. The van der Waals surface area contributed by atoms with E-state index < -0.39 is 12.1 Å². The summed E-state index contributed by atoms with van der Waals surface area (Å²) in [6, 6.07) is 21.4. The van der Waals surface area contributed by atoms with E-state index in [1.165, 1.54) is 0 Å². The van der Waals surface area contributed by atoms with Crippen LogP contribution in [0.3, 0.4) is 0 Å². The highest BCUT2D eigenvalue weighted by molar-refractivity contribution is 5.78. The van der Waals surface area contributed by atoms with Gasteiger partial charge in [0.05, 0.1) is 19.8 Å². The number of methoxy groups -OCH3 is 2. The third-order valence-electron chi connectivity index (χ3n) is 5.68. The Morgan fingerprint density at radius 2 is 1.57 bits per heavy atom. The molecule has 3 rings (SSSR count). The van der Waals surface area contributed by atoms with Crippen molar-refractivity contribution in [2.24, 2.45) is 0 Å². The Balaban J connectivity index is 1.62. The second kappa shape index (κ2) is 12.6. The van der Waals surface area contributed by atoms with Crippen molar-refractivity contribution in [1.82, 2.24) is 0 Å². The summed E-state index contributed by atoms with van der Waals surface area (Å²) in [5, 5.41) is 9.24. The van der Waals surface area contributed by atoms with Gasteiger partial charge in [-0.3, -0.25) is 0 Å². The summed E-state index contributed by atoms with van der Waals surface area (Å²) in [4.78, 5) is 11.3. The molecule has 6 heteroatoms. The number of hydrogen-bond donors (Lipinski definition) is 1. The number of carboxylic acids is 1. The van der Waals surface area contributed by atoms with Gasteiger partial charge in [-0.2, -0.15) is 0 Å². The highest BCUT2D eigenvalue weighted by Crippen LogP contribution is 2.38. The maximum Gasteiger partial charge on any atom is 0.333 e. The molecule has 0 saturated carbocycles. The molecule has 0 spiro atoms. The maximum absolute atomic E-state index is 11.3. The van der Waals surface area contributed by atoms with E-state index in [1.54, 1.807) is 21.1 Å². The summed E-state index contributed by atoms with van der Waals surface area (Å²) in [7, 11) is 3.31. The van der Waals surface area contributed by atoms with Crippen LogP contribution in [0.2, 0.25) is 0 Å². The molecule has 0 aliphatic heterocycles. The van der Waals surface area contributed by atoms with Crippen LogP contribution in [0, 0.1) is 0 Å². The summed E-state index contributed by atoms with van der Waals surface area (Å²) in [5.74, 6) is 1.29. The lowest BCUT2D eigenvalue weighted by Crippen LogP contribution is -2.26. The van der Waals surface area contributed by atoms with Crippen LogP contribution in [0.4, 0.5) is 0 Å². The second-order valence-electron chi connectivity index (χ2n) is 7.94. The van der Waals surface area contributed by atoms with Crippen molar-refractivity contribution in [3.05, 3.63) is 83.9 Å². The minimum absolute atomic E-state index is 0.319. The standard InChI is InChI=1S/C29H32O6/c1-5-34-27(29(30)31)19-21-9-15-24(16-10-21)35-18-17-20(2)22-11-13-23(14-12-22)28-25(32-3)7-6-8-26(28)33-4/h6-17,27H,5,18-19H2,1-4H3,(H,30,31).